The first kappa shape index (κ1) is 14.8. The standard InChI is InChI=1S/C14H18N4O.ClH/c19-13(8-10-4-6-15-7-5-10)17-12-3-1-2-11-9-16-18-14(11)12;/h1-3,9-10,15H,4-8H2,(H,16,18)(H,17,19);1H. The van der Waals surface area contributed by atoms with Gasteiger partial charge in [-0.2, -0.15) is 5.10 Å². The summed E-state index contributed by atoms with van der Waals surface area (Å²) >= 11 is 0. The number of hydrogen-bond acceptors (Lipinski definition) is 3. The number of carbonyl (C=O) groups is 1. The monoisotopic (exact) mass is 294 g/mol. The number of piperidine rings is 1. The van der Waals surface area contributed by atoms with E-state index in [4.69, 9.17) is 0 Å². The lowest BCUT2D eigenvalue weighted by atomic mass is 9.94. The molecule has 0 bridgehead atoms. The van der Waals surface area contributed by atoms with Gasteiger partial charge in [-0.1, -0.05) is 12.1 Å². The van der Waals surface area contributed by atoms with E-state index >= 15 is 0 Å². The number of hydrogen-bond donors (Lipinski definition) is 3. The summed E-state index contributed by atoms with van der Waals surface area (Å²) in [7, 11) is 0. The summed E-state index contributed by atoms with van der Waals surface area (Å²) < 4.78 is 0. The van der Waals surface area contributed by atoms with Crippen molar-refractivity contribution in [1.29, 1.82) is 0 Å². The number of amides is 1. The van der Waals surface area contributed by atoms with Crippen molar-refractivity contribution in [3.05, 3.63) is 24.4 Å². The Morgan fingerprint density at radius 1 is 1.35 bits per heavy atom. The molecule has 0 radical (unpaired) electrons. The predicted octanol–water partition coefficient (Wildman–Crippen LogP) is 2.31. The van der Waals surface area contributed by atoms with Gasteiger partial charge in [0, 0.05) is 11.8 Å². The van der Waals surface area contributed by atoms with E-state index in [0.717, 1.165) is 42.5 Å². The second-order valence-electron chi connectivity index (χ2n) is 5.09. The molecule has 2 aromatic rings. The molecule has 108 valence electrons. The Morgan fingerprint density at radius 3 is 2.95 bits per heavy atom. The molecule has 2 heterocycles. The van der Waals surface area contributed by atoms with E-state index in [-0.39, 0.29) is 18.3 Å². The molecule has 0 unspecified atom stereocenters. The number of carbonyl (C=O) groups excluding carboxylic acids is 1. The normalized spacial score (nSPS) is 15.8. The molecule has 1 amide bonds. The molecular formula is C14H19ClN4O. The molecule has 1 aromatic heterocycles. The second-order valence-corrected chi connectivity index (χ2v) is 5.09. The highest BCUT2D eigenvalue weighted by molar-refractivity contribution is 6.00. The zero-order chi connectivity index (χ0) is 13.1. The van der Waals surface area contributed by atoms with Gasteiger partial charge in [-0.05, 0) is 37.9 Å². The smallest absolute Gasteiger partial charge is 0.224 e. The SMILES string of the molecule is Cl.O=C(CC1CCNCC1)Nc1cccc2cn[nH]c12. The molecule has 5 nitrogen and oxygen atoms in total. The number of anilines is 1. The summed E-state index contributed by atoms with van der Waals surface area (Å²) in [6.07, 6.45) is 4.54. The maximum Gasteiger partial charge on any atom is 0.224 e. The minimum Gasteiger partial charge on any atom is -0.324 e. The summed E-state index contributed by atoms with van der Waals surface area (Å²) in [6, 6.07) is 5.81. The summed E-state index contributed by atoms with van der Waals surface area (Å²) in [6.45, 7) is 2.04. The second kappa shape index (κ2) is 6.72. The number of H-pyrrole nitrogens is 1. The van der Waals surface area contributed by atoms with E-state index in [1.54, 1.807) is 6.20 Å². The van der Waals surface area contributed by atoms with Crippen LogP contribution >= 0.6 is 12.4 Å². The Morgan fingerprint density at radius 2 is 2.15 bits per heavy atom. The average molecular weight is 295 g/mol. The lowest BCUT2D eigenvalue weighted by molar-refractivity contribution is -0.117. The largest absolute Gasteiger partial charge is 0.324 e. The van der Waals surface area contributed by atoms with Gasteiger partial charge in [-0.15, -0.1) is 12.4 Å². The summed E-state index contributed by atoms with van der Waals surface area (Å²) in [4.78, 5) is 12.1. The molecule has 1 saturated heterocycles. The van der Waals surface area contributed by atoms with Gasteiger partial charge in [-0.3, -0.25) is 9.89 Å². The van der Waals surface area contributed by atoms with Crippen molar-refractivity contribution in [3.63, 3.8) is 0 Å². The Labute approximate surface area is 123 Å². The lowest BCUT2D eigenvalue weighted by Crippen LogP contribution is -2.30. The van der Waals surface area contributed by atoms with Gasteiger partial charge in [0.2, 0.25) is 5.91 Å². The van der Waals surface area contributed by atoms with Gasteiger partial charge in [0.25, 0.3) is 0 Å². The number of nitrogens with one attached hydrogen (secondary N) is 3. The Bertz CT molecular complexity index is 577. The molecule has 1 aliphatic rings. The van der Waals surface area contributed by atoms with E-state index in [9.17, 15) is 4.79 Å². The van der Waals surface area contributed by atoms with Gasteiger partial charge in [0.1, 0.15) is 0 Å². The fraction of sp³-hybridized carbons (Fsp3) is 0.429. The van der Waals surface area contributed by atoms with Crippen LogP contribution in [0.2, 0.25) is 0 Å². The fourth-order valence-corrected chi connectivity index (χ4v) is 2.62. The Hall–Kier alpha value is -1.59. The van der Waals surface area contributed by atoms with E-state index in [1.165, 1.54) is 0 Å². The van der Waals surface area contributed by atoms with Crippen LogP contribution in [0.1, 0.15) is 19.3 Å². The van der Waals surface area contributed by atoms with E-state index in [0.29, 0.717) is 12.3 Å². The zero-order valence-electron chi connectivity index (χ0n) is 11.2. The number of halogens is 1. The van der Waals surface area contributed by atoms with Crippen molar-refractivity contribution >= 4 is 34.9 Å². The van der Waals surface area contributed by atoms with Gasteiger partial charge in [0.15, 0.2) is 0 Å². The van der Waals surface area contributed by atoms with Crippen molar-refractivity contribution in [2.45, 2.75) is 19.3 Å². The first-order valence-corrected chi connectivity index (χ1v) is 6.75. The van der Waals surface area contributed by atoms with Gasteiger partial charge < -0.3 is 10.6 Å². The van der Waals surface area contributed by atoms with Crippen molar-refractivity contribution in [2.24, 2.45) is 5.92 Å². The third-order valence-electron chi connectivity index (χ3n) is 3.68. The summed E-state index contributed by atoms with van der Waals surface area (Å²) in [5.41, 5.74) is 1.70. The van der Waals surface area contributed by atoms with Gasteiger partial charge in [0.05, 0.1) is 17.4 Å². The van der Waals surface area contributed by atoms with Crippen LogP contribution in [0.5, 0.6) is 0 Å². The van der Waals surface area contributed by atoms with Crippen molar-refractivity contribution in [3.8, 4) is 0 Å². The molecule has 20 heavy (non-hydrogen) atoms. The average Bonchev–Trinajstić information content (AvgIpc) is 2.89. The molecule has 3 N–H and O–H groups in total. The number of para-hydroxylation sites is 1. The van der Waals surface area contributed by atoms with Crippen LogP contribution in [0, 0.1) is 5.92 Å². The number of aromatic amines is 1. The quantitative estimate of drug-likeness (QED) is 0.813. The highest BCUT2D eigenvalue weighted by atomic mass is 35.5. The van der Waals surface area contributed by atoms with Gasteiger partial charge in [-0.25, -0.2) is 0 Å². The third-order valence-corrected chi connectivity index (χ3v) is 3.68. The molecule has 1 aliphatic heterocycles. The minimum atomic E-state index is 0. The molecule has 1 fully saturated rings. The minimum absolute atomic E-state index is 0. The molecular weight excluding hydrogens is 276 g/mol. The molecule has 0 spiro atoms. The topological polar surface area (TPSA) is 69.8 Å². The van der Waals surface area contributed by atoms with Crippen LogP contribution in [0.3, 0.4) is 0 Å². The highest BCUT2D eigenvalue weighted by Gasteiger charge is 2.17. The van der Waals surface area contributed by atoms with Crippen LogP contribution in [-0.2, 0) is 4.79 Å². The maximum atomic E-state index is 12.1. The molecule has 3 rings (SSSR count). The van der Waals surface area contributed by atoms with Crippen LogP contribution in [0.15, 0.2) is 24.4 Å². The molecule has 0 aliphatic carbocycles. The van der Waals surface area contributed by atoms with E-state index < -0.39 is 0 Å². The maximum absolute atomic E-state index is 12.1. The van der Waals surface area contributed by atoms with Crippen LogP contribution < -0.4 is 10.6 Å². The Kier molecular flexibility index (Phi) is 4.98. The lowest BCUT2D eigenvalue weighted by Gasteiger charge is -2.21. The van der Waals surface area contributed by atoms with E-state index in [1.807, 2.05) is 18.2 Å². The van der Waals surface area contributed by atoms with Gasteiger partial charge >= 0.3 is 0 Å². The number of nitrogens with zero attached hydrogens (tertiary/aromatic N) is 1. The highest BCUT2D eigenvalue weighted by Crippen LogP contribution is 2.22. The first-order valence-electron chi connectivity index (χ1n) is 6.75. The fourth-order valence-electron chi connectivity index (χ4n) is 2.62. The molecule has 0 atom stereocenters. The number of benzene rings is 1. The molecule has 6 heteroatoms. The molecule has 1 aromatic carbocycles. The first-order chi connectivity index (χ1) is 9.33. The van der Waals surface area contributed by atoms with Crippen molar-refractivity contribution in [1.82, 2.24) is 15.5 Å². The Balaban J connectivity index is 0.00000147. The van der Waals surface area contributed by atoms with Crippen LogP contribution in [-0.4, -0.2) is 29.2 Å². The zero-order valence-corrected chi connectivity index (χ0v) is 12.0. The summed E-state index contributed by atoms with van der Waals surface area (Å²) in [5, 5.41) is 14.2. The van der Waals surface area contributed by atoms with Crippen molar-refractivity contribution < 1.29 is 4.79 Å². The third kappa shape index (κ3) is 3.29. The number of aromatic nitrogens is 2. The predicted molar refractivity (Wildman–Crippen MR) is 82.2 cm³/mol. The summed E-state index contributed by atoms with van der Waals surface area (Å²) in [5.74, 6) is 0.594. The van der Waals surface area contributed by atoms with Crippen LogP contribution in [0.25, 0.3) is 10.9 Å². The number of rotatable bonds is 3. The van der Waals surface area contributed by atoms with E-state index in [2.05, 4.69) is 20.8 Å². The van der Waals surface area contributed by atoms with Crippen molar-refractivity contribution in [2.75, 3.05) is 18.4 Å². The van der Waals surface area contributed by atoms with Crippen LogP contribution in [0.4, 0.5) is 5.69 Å². The number of fused-ring (bicyclic) bond motifs is 1. The molecule has 0 saturated carbocycles.